The Labute approximate surface area is 147 Å². The normalized spacial score (nSPS) is 10.4. The van der Waals surface area contributed by atoms with E-state index in [0.717, 1.165) is 18.7 Å². The topological polar surface area (TPSA) is 80.3 Å². The van der Waals surface area contributed by atoms with Gasteiger partial charge >= 0.3 is 5.97 Å². The second kappa shape index (κ2) is 8.82. The van der Waals surface area contributed by atoms with Crippen molar-refractivity contribution in [1.29, 1.82) is 0 Å². The molecule has 1 aromatic carbocycles. The second-order valence-corrected chi connectivity index (χ2v) is 6.06. The highest BCUT2D eigenvalue weighted by molar-refractivity contribution is 6.08. The van der Waals surface area contributed by atoms with Crippen LogP contribution in [0, 0.1) is 5.92 Å². The Bertz CT molecular complexity index is 744. The number of esters is 1. The standard InChI is InChI=1S/C19H23N3O3/c1-13(2)8-9-21-15-10-14(11-20-12-15)18(23)22-17-7-5-4-6-16(17)19(24)25-3/h4-7,10-13,21H,8-9H2,1-3H3,(H,22,23). The number of anilines is 2. The van der Waals surface area contributed by atoms with Crippen molar-refractivity contribution in [3.05, 3.63) is 53.9 Å². The van der Waals surface area contributed by atoms with E-state index in [0.29, 0.717) is 22.7 Å². The van der Waals surface area contributed by atoms with Crippen molar-refractivity contribution in [1.82, 2.24) is 4.98 Å². The number of para-hydroxylation sites is 1. The smallest absolute Gasteiger partial charge is 0.339 e. The van der Waals surface area contributed by atoms with E-state index in [1.54, 1.807) is 36.5 Å². The van der Waals surface area contributed by atoms with Crippen molar-refractivity contribution in [3.8, 4) is 0 Å². The Morgan fingerprint density at radius 3 is 2.68 bits per heavy atom. The first-order valence-corrected chi connectivity index (χ1v) is 8.19. The molecule has 0 bridgehead atoms. The lowest BCUT2D eigenvalue weighted by atomic mass is 10.1. The monoisotopic (exact) mass is 341 g/mol. The molecule has 0 radical (unpaired) electrons. The number of ether oxygens (including phenoxy) is 1. The molecule has 6 heteroatoms. The number of rotatable bonds is 7. The highest BCUT2D eigenvalue weighted by Crippen LogP contribution is 2.18. The van der Waals surface area contributed by atoms with Crippen molar-refractivity contribution in [2.75, 3.05) is 24.3 Å². The van der Waals surface area contributed by atoms with E-state index in [1.807, 2.05) is 0 Å². The van der Waals surface area contributed by atoms with Crippen LogP contribution in [0.5, 0.6) is 0 Å². The van der Waals surface area contributed by atoms with Crippen molar-refractivity contribution < 1.29 is 14.3 Å². The summed E-state index contributed by atoms with van der Waals surface area (Å²) >= 11 is 0. The van der Waals surface area contributed by atoms with E-state index >= 15 is 0 Å². The van der Waals surface area contributed by atoms with Gasteiger partial charge in [0.05, 0.1) is 29.6 Å². The van der Waals surface area contributed by atoms with Gasteiger partial charge in [0.1, 0.15) is 0 Å². The van der Waals surface area contributed by atoms with Gasteiger partial charge in [0.15, 0.2) is 0 Å². The van der Waals surface area contributed by atoms with E-state index < -0.39 is 5.97 Å². The third kappa shape index (κ3) is 5.31. The molecule has 2 rings (SSSR count). The zero-order valence-corrected chi connectivity index (χ0v) is 14.7. The summed E-state index contributed by atoms with van der Waals surface area (Å²) in [5.41, 5.74) is 1.90. The van der Waals surface area contributed by atoms with Crippen LogP contribution in [0.2, 0.25) is 0 Å². The number of hydrogen-bond donors (Lipinski definition) is 2. The van der Waals surface area contributed by atoms with E-state index in [-0.39, 0.29) is 5.91 Å². The van der Waals surface area contributed by atoms with E-state index in [1.165, 1.54) is 13.3 Å². The summed E-state index contributed by atoms with van der Waals surface area (Å²) in [6.45, 7) is 5.13. The number of hydrogen-bond acceptors (Lipinski definition) is 5. The van der Waals surface area contributed by atoms with Gasteiger partial charge in [-0.3, -0.25) is 9.78 Å². The third-order valence-corrected chi connectivity index (χ3v) is 3.63. The summed E-state index contributed by atoms with van der Waals surface area (Å²) in [4.78, 5) is 28.4. The van der Waals surface area contributed by atoms with E-state index in [4.69, 9.17) is 4.74 Å². The second-order valence-electron chi connectivity index (χ2n) is 6.06. The largest absolute Gasteiger partial charge is 0.465 e. The Kier molecular flexibility index (Phi) is 6.51. The number of aromatic nitrogens is 1. The predicted octanol–water partition coefficient (Wildman–Crippen LogP) is 3.58. The Morgan fingerprint density at radius 1 is 1.20 bits per heavy atom. The number of benzene rings is 1. The Morgan fingerprint density at radius 2 is 1.96 bits per heavy atom. The molecule has 25 heavy (non-hydrogen) atoms. The van der Waals surface area contributed by atoms with Gasteiger partial charge in [-0.1, -0.05) is 26.0 Å². The molecule has 2 N–H and O–H groups in total. The Hall–Kier alpha value is -2.89. The summed E-state index contributed by atoms with van der Waals surface area (Å²) < 4.78 is 4.73. The molecular formula is C19H23N3O3. The summed E-state index contributed by atoms with van der Waals surface area (Å²) in [5.74, 6) is -0.240. The van der Waals surface area contributed by atoms with Crippen LogP contribution in [0.3, 0.4) is 0 Å². The van der Waals surface area contributed by atoms with Crippen LogP contribution in [-0.4, -0.2) is 30.5 Å². The van der Waals surface area contributed by atoms with Crippen LogP contribution in [0.25, 0.3) is 0 Å². The predicted molar refractivity (Wildman–Crippen MR) is 97.9 cm³/mol. The van der Waals surface area contributed by atoms with E-state index in [9.17, 15) is 9.59 Å². The molecule has 2 aromatic rings. The quantitative estimate of drug-likeness (QED) is 0.753. The number of nitrogens with zero attached hydrogens (tertiary/aromatic N) is 1. The van der Waals surface area contributed by atoms with Gasteiger partial charge in [0.25, 0.3) is 5.91 Å². The molecule has 1 aromatic heterocycles. The lowest BCUT2D eigenvalue weighted by Gasteiger charge is -2.11. The first-order valence-electron chi connectivity index (χ1n) is 8.19. The highest BCUT2D eigenvalue weighted by Gasteiger charge is 2.14. The minimum absolute atomic E-state index is 0.303. The molecule has 0 unspecified atom stereocenters. The maximum absolute atomic E-state index is 12.5. The highest BCUT2D eigenvalue weighted by atomic mass is 16.5. The molecule has 0 atom stereocenters. The lowest BCUT2D eigenvalue weighted by molar-refractivity contribution is 0.0602. The fraction of sp³-hybridized carbons (Fsp3) is 0.316. The molecule has 0 aliphatic carbocycles. The first kappa shape index (κ1) is 18.4. The van der Waals surface area contributed by atoms with Gasteiger partial charge in [-0.05, 0) is 30.5 Å². The van der Waals surface area contributed by atoms with Gasteiger partial charge in [-0.25, -0.2) is 4.79 Å². The Balaban J connectivity index is 2.10. The maximum Gasteiger partial charge on any atom is 0.339 e. The number of amides is 1. The maximum atomic E-state index is 12.5. The first-order chi connectivity index (χ1) is 12.0. The van der Waals surface area contributed by atoms with Crippen LogP contribution in [0.1, 0.15) is 41.0 Å². The number of nitrogens with one attached hydrogen (secondary N) is 2. The molecule has 0 fully saturated rings. The van der Waals surface area contributed by atoms with Gasteiger partial charge in [0, 0.05) is 18.9 Å². The van der Waals surface area contributed by atoms with Crippen LogP contribution in [0.4, 0.5) is 11.4 Å². The number of carbonyl (C=O) groups is 2. The number of pyridine rings is 1. The van der Waals surface area contributed by atoms with Crippen LogP contribution in [-0.2, 0) is 4.74 Å². The van der Waals surface area contributed by atoms with E-state index in [2.05, 4.69) is 29.5 Å². The van der Waals surface area contributed by atoms with Crippen molar-refractivity contribution in [2.24, 2.45) is 5.92 Å². The van der Waals surface area contributed by atoms with Gasteiger partial charge in [0.2, 0.25) is 0 Å². The molecule has 6 nitrogen and oxygen atoms in total. The lowest BCUT2D eigenvalue weighted by Crippen LogP contribution is -2.16. The van der Waals surface area contributed by atoms with Gasteiger partial charge in [-0.2, -0.15) is 0 Å². The molecule has 1 amide bonds. The SMILES string of the molecule is COC(=O)c1ccccc1NC(=O)c1cncc(NCCC(C)C)c1. The van der Waals surface area contributed by atoms with Crippen molar-refractivity contribution in [2.45, 2.75) is 20.3 Å². The summed E-state index contributed by atoms with van der Waals surface area (Å²) in [6, 6.07) is 8.45. The average Bonchev–Trinajstić information content (AvgIpc) is 2.61. The molecule has 132 valence electrons. The molecule has 0 aliphatic rings. The minimum atomic E-state index is -0.502. The summed E-state index contributed by atoms with van der Waals surface area (Å²) in [5, 5.41) is 5.99. The number of methoxy groups -OCH3 is 1. The van der Waals surface area contributed by atoms with Crippen LogP contribution in [0.15, 0.2) is 42.7 Å². The zero-order chi connectivity index (χ0) is 18.2. The van der Waals surface area contributed by atoms with Crippen LogP contribution < -0.4 is 10.6 Å². The van der Waals surface area contributed by atoms with Crippen molar-refractivity contribution >= 4 is 23.3 Å². The fourth-order valence-electron chi connectivity index (χ4n) is 2.24. The molecule has 0 saturated carbocycles. The molecule has 1 heterocycles. The summed E-state index contributed by atoms with van der Waals surface area (Å²) in [6.07, 6.45) is 4.20. The fourth-order valence-corrected chi connectivity index (χ4v) is 2.24. The molecule has 0 saturated heterocycles. The molecule has 0 aliphatic heterocycles. The molecular weight excluding hydrogens is 318 g/mol. The average molecular weight is 341 g/mol. The van der Waals surface area contributed by atoms with Crippen molar-refractivity contribution in [3.63, 3.8) is 0 Å². The minimum Gasteiger partial charge on any atom is -0.465 e. The zero-order valence-electron chi connectivity index (χ0n) is 14.7. The van der Waals surface area contributed by atoms with Gasteiger partial charge in [-0.15, -0.1) is 0 Å². The van der Waals surface area contributed by atoms with Crippen LogP contribution >= 0.6 is 0 Å². The van der Waals surface area contributed by atoms with Gasteiger partial charge < -0.3 is 15.4 Å². The summed E-state index contributed by atoms with van der Waals surface area (Å²) in [7, 11) is 1.30. The molecule has 0 spiro atoms. The third-order valence-electron chi connectivity index (χ3n) is 3.63. The number of carbonyl (C=O) groups excluding carboxylic acids is 2.